The van der Waals surface area contributed by atoms with Gasteiger partial charge >= 0.3 is 0 Å². The summed E-state index contributed by atoms with van der Waals surface area (Å²) >= 11 is 5.71. The Balaban J connectivity index is 1.11. The van der Waals surface area contributed by atoms with E-state index in [0.29, 0.717) is 0 Å². The first-order chi connectivity index (χ1) is 23.8. The smallest absolute Gasteiger partial charge is 0.0468 e. The van der Waals surface area contributed by atoms with Crippen molar-refractivity contribution < 1.29 is 0 Å². The molecule has 1 aliphatic carbocycles. The quantitative estimate of drug-likeness (QED) is 0.181. The lowest BCUT2D eigenvalue weighted by atomic mass is 10.0. The Morgan fingerprint density at radius 2 is 1.19 bits per heavy atom. The Bertz CT molecular complexity index is 2780. The Kier molecular flexibility index (Phi) is 6.61. The molecule has 1 nitrogen and oxygen atoms in total. The Morgan fingerprint density at radius 1 is 0.479 bits per heavy atom. The summed E-state index contributed by atoms with van der Waals surface area (Å²) in [5.74, 6) is 0. The van der Waals surface area contributed by atoms with Gasteiger partial charge in [0.15, 0.2) is 0 Å². The summed E-state index contributed by atoms with van der Waals surface area (Å²) in [5.41, 5.74) is 6.08. The predicted octanol–water partition coefficient (Wildman–Crippen LogP) is 14.4. The van der Waals surface area contributed by atoms with Crippen LogP contribution in [0.25, 0.3) is 71.6 Å². The van der Waals surface area contributed by atoms with Gasteiger partial charge in [-0.05, 0) is 78.6 Å². The van der Waals surface area contributed by atoms with Crippen molar-refractivity contribution in [1.29, 1.82) is 0 Å². The van der Waals surface area contributed by atoms with Gasteiger partial charge in [-0.3, -0.25) is 0 Å². The van der Waals surface area contributed by atoms with E-state index in [9.17, 15) is 0 Å². The molecule has 4 heteroatoms. The predicted molar refractivity (Wildman–Crippen MR) is 215 cm³/mol. The fourth-order valence-corrected chi connectivity index (χ4v) is 10.9. The molecule has 0 saturated heterocycles. The Hall–Kier alpha value is -5.00. The van der Waals surface area contributed by atoms with Crippen molar-refractivity contribution >= 4 is 106 Å². The fraction of sp³-hybridized carbons (Fsp3) is 0.0455. The van der Waals surface area contributed by atoms with Crippen molar-refractivity contribution in [2.45, 2.75) is 12.8 Å². The fourth-order valence-electron chi connectivity index (χ4n) is 7.27. The first-order valence-corrected chi connectivity index (χ1v) is 18.9. The van der Waals surface area contributed by atoms with Gasteiger partial charge in [0.2, 0.25) is 0 Å². The van der Waals surface area contributed by atoms with Gasteiger partial charge in [-0.2, -0.15) is 0 Å². The van der Waals surface area contributed by atoms with Gasteiger partial charge in [-0.1, -0.05) is 97.1 Å². The van der Waals surface area contributed by atoms with Crippen LogP contribution in [0.3, 0.4) is 0 Å². The van der Waals surface area contributed by atoms with E-state index in [2.05, 4.69) is 157 Å². The number of benzene rings is 6. The first kappa shape index (κ1) is 28.1. The van der Waals surface area contributed by atoms with E-state index < -0.39 is 0 Å². The van der Waals surface area contributed by atoms with Crippen molar-refractivity contribution in [2.24, 2.45) is 0 Å². The summed E-state index contributed by atoms with van der Waals surface area (Å²) in [4.78, 5) is 2.42. The maximum Gasteiger partial charge on any atom is 0.0468 e. The zero-order valence-corrected chi connectivity index (χ0v) is 28.5. The second-order valence-electron chi connectivity index (χ2n) is 12.4. The lowest BCUT2D eigenvalue weighted by Crippen LogP contribution is -2.15. The lowest BCUT2D eigenvalue weighted by Gasteiger charge is -2.27. The van der Waals surface area contributed by atoms with Crippen LogP contribution in [0.5, 0.6) is 0 Å². The molecule has 1 aliphatic rings. The molecule has 0 aliphatic heterocycles. The van der Waals surface area contributed by atoms with Gasteiger partial charge in [0.25, 0.3) is 0 Å². The number of allylic oxidation sites excluding steroid dienone is 5. The molecule has 9 aromatic rings. The van der Waals surface area contributed by atoms with E-state index in [-0.39, 0.29) is 0 Å². The molecule has 0 bridgehead atoms. The number of anilines is 2. The van der Waals surface area contributed by atoms with Crippen LogP contribution < -0.4 is 4.90 Å². The van der Waals surface area contributed by atoms with E-state index in [1.165, 1.54) is 83.0 Å². The van der Waals surface area contributed by atoms with Crippen LogP contribution in [0.2, 0.25) is 0 Å². The third-order valence-electron chi connectivity index (χ3n) is 9.52. The molecular formula is C44H29NS3. The minimum absolute atomic E-state index is 1.01. The summed E-state index contributed by atoms with van der Waals surface area (Å²) in [6, 6.07) is 45.2. The normalized spacial score (nSPS) is 14.7. The van der Waals surface area contributed by atoms with E-state index in [0.717, 1.165) is 18.5 Å². The highest BCUT2D eigenvalue weighted by atomic mass is 32.1. The summed E-state index contributed by atoms with van der Waals surface area (Å²) in [7, 11) is 0. The summed E-state index contributed by atoms with van der Waals surface area (Å²) in [6.45, 7) is 0. The molecule has 0 N–H and O–H groups in total. The van der Waals surface area contributed by atoms with Crippen molar-refractivity contribution in [3.05, 3.63) is 157 Å². The van der Waals surface area contributed by atoms with Gasteiger partial charge in [-0.25, -0.2) is 0 Å². The van der Waals surface area contributed by atoms with Crippen LogP contribution in [0, 0.1) is 0 Å². The van der Waals surface area contributed by atoms with E-state index >= 15 is 0 Å². The molecule has 6 aromatic carbocycles. The Labute approximate surface area is 290 Å². The average Bonchev–Trinajstić information content (AvgIpc) is 3.80. The molecule has 0 fully saturated rings. The van der Waals surface area contributed by atoms with E-state index in [1.54, 1.807) is 0 Å². The number of thiophene rings is 3. The molecule has 48 heavy (non-hydrogen) atoms. The highest BCUT2D eigenvalue weighted by molar-refractivity contribution is 7.30. The standard InChI is InChI=1S/C44H29NS3/c1-2-4-11-29(12-5-3-1)45(31-23-25-40-37(27-31)34-14-7-8-17-38(34)46-40)30-21-19-28(20-22-30)32-15-10-16-36-42-41(48-43(32)36)26-24-35-33-13-6-9-18-39(33)47-44(35)42/h1-2,4,6-27H,3,5H2/b2-1?,11-4?,29-12+. The van der Waals surface area contributed by atoms with Crippen molar-refractivity contribution in [2.75, 3.05) is 4.90 Å². The summed E-state index contributed by atoms with van der Waals surface area (Å²) < 4.78 is 8.12. The van der Waals surface area contributed by atoms with Gasteiger partial charge < -0.3 is 4.90 Å². The van der Waals surface area contributed by atoms with E-state index in [4.69, 9.17) is 0 Å². The molecular weight excluding hydrogens is 639 g/mol. The van der Waals surface area contributed by atoms with Crippen LogP contribution in [-0.4, -0.2) is 0 Å². The van der Waals surface area contributed by atoms with E-state index in [1.807, 2.05) is 34.0 Å². The van der Waals surface area contributed by atoms with Gasteiger partial charge in [0.05, 0.1) is 0 Å². The van der Waals surface area contributed by atoms with Crippen LogP contribution in [0.4, 0.5) is 11.4 Å². The minimum atomic E-state index is 1.01. The molecule has 0 spiro atoms. The monoisotopic (exact) mass is 667 g/mol. The van der Waals surface area contributed by atoms with Gasteiger partial charge in [0.1, 0.15) is 0 Å². The number of hydrogen-bond acceptors (Lipinski definition) is 4. The highest BCUT2D eigenvalue weighted by Crippen LogP contribution is 2.47. The van der Waals surface area contributed by atoms with Crippen molar-refractivity contribution in [3.8, 4) is 11.1 Å². The van der Waals surface area contributed by atoms with Crippen molar-refractivity contribution in [1.82, 2.24) is 0 Å². The van der Waals surface area contributed by atoms with Crippen molar-refractivity contribution in [3.63, 3.8) is 0 Å². The number of fused-ring (bicyclic) bond motifs is 10. The van der Waals surface area contributed by atoms with Crippen LogP contribution in [0.1, 0.15) is 12.8 Å². The molecule has 228 valence electrons. The average molecular weight is 668 g/mol. The lowest BCUT2D eigenvalue weighted by molar-refractivity contribution is 1.02. The minimum Gasteiger partial charge on any atom is -0.311 e. The van der Waals surface area contributed by atoms with Crippen LogP contribution >= 0.6 is 34.0 Å². The zero-order valence-electron chi connectivity index (χ0n) is 26.0. The number of nitrogens with zero attached hydrogens (tertiary/aromatic N) is 1. The first-order valence-electron chi connectivity index (χ1n) is 16.4. The molecule has 3 aromatic heterocycles. The molecule has 0 saturated carbocycles. The van der Waals surface area contributed by atoms with Crippen LogP contribution in [0.15, 0.2) is 157 Å². The van der Waals surface area contributed by atoms with Gasteiger partial charge in [0, 0.05) is 77.6 Å². The second-order valence-corrected chi connectivity index (χ2v) is 15.5. The maximum atomic E-state index is 2.42. The summed E-state index contributed by atoms with van der Waals surface area (Å²) in [6.07, 6.45) is 13.2. The SMILES string of the molecule is C1=CCC/C=C(/N(c2ccc(-c3cccc4c3sc3ccc5c6ccccc6sc5c34)cc2)c2ccc3sc4ccccc4c3c2)C=C1. The zero-order chi connectivity index (χ0) is 31.6. The van der Waals surface area contributed by atoms with Crippen LogP contribution in [-0.2, 0) is 0 Å². The molecule has 10 rings (SSSR count). The topological polar surface area (TPSA) is 3.24 Å². The summed E-state index contributed by atoms with van der Waals surface area (Å²) in [5, 5.41) is 8.10. The Morgan fingerprint density at radius 3 is 2.06 bits per heavy atom. The molecule has 3 heterocycles. The van der Waals surface area contributed by atoms with Gasteiger partial charge in [-0.15, -0.1) is 34.0 Å². The largest absolute Gasteiger partial charge is 0.311 e. The molecule has 0 unspecified atom stereocenters. The maximum absolute atomic E-state index is 2.42. The number of hydrogen-bond donors (Lipinski definition) is 0. The third kappa shape index (κ3) is 4.48. The molecule has 0 radical (unpaired) electrons. The third-order valence-corrected chi connectivity index (χ3v) is 13.1. The molecule has 0 amide bonds. The highest BCUT2D eigenvalue weighted by Gasteiger charge is 2.18. The number of rotatable bonds is 4. The molecule has 0 atom stereocenters. The second kappa shape index (κ2) is 11.3.